The third kappa shape index (κ3) is 3.92. The van der Waals surface area contributed by atoms with Gasteiger partial charge in [0.05, 0.1) is 19.4 Å². The van der Waals surface area contributed by atoms with Crippen LogP contribution in [0.25, 0.3) is 5.69 Å². The van der Waals surface area contributed by atoms with Gasteiger partial charge in [-0.1, -0.05) is 19.1 Å². The summed E-state index contributed by atoms with van der Waals surface area (Å²) in [5.41, 5.74) is 2.17. The van der Waals surface area contributed by atoms with Crippen molar-refractivity contribution in [3.63, 3.8) is 0 Å². The molecule has 0 radical (unpaired) electrons. The number of aromatic nitrogens is 2. The zero-order valence-corrected chi connectivity index (χ0v) is 13.9. The Morgan fingerprint density at radius 2 is 2.26 bits per heavy atom. The van der Waals surface area contributed by atoms with Crippen LogP contribution in [0.15, 0.2) is 36.7 Å². The van der Waals surface area contributed by atoms with Gasteiger partial charge in [-0.3, -0.25) is 4.90 Å². The van der Waals surface area contributed by atoms with Crippen molar-refractivity contribution in [1.82, 2.24) is 14.7 Å². The van der Waals surface area contributed by atoms with Gasteiger partial charge < -0.3 is 9.47 Å². The fraction of sp³-hybridized carbons (Fsp3) is 0.500. The standard InChI is InChI=1S/C18H25N3O2/c1-3-20(14-16-7-6-10-23-16)12-15-11-19-21(13-15)17-8-4-5-9-18(17)22-2/h4-5,8-9,11,13,16H,3,6-7,10,12,14H2,1-2H3. The summed E-state index contributed by atoms with van der Waals surface area (Å²) in [6.07, 6.45) is 6.77. The molecule has 1 fully saturated rings. The Labute approximate surface area is 137 Å². The molecule has 1 unspecified atom stereocenters. The highest BCUT2D eigenvalue weighted by Gasteiger charge is 2.19. The van der Waals surface area contributed by atoms with E-state index in [2.05, 4.69) is 23.1 Å². The van der Waals surface area contributed by atoms with Crippen molar-refractivity contribution in [1.29, 1.82) is 0 Å². The smallest absolute Gasteiger partial charge is 0.144 e. The summed E-state index contributed by atoms with van der Waals surface area (Å²) in [5.74, 6) is 0.828. The lowest BCUT2D eigenvalue weighted by molar-refractivity contribution is 0.0725. The molecule has 2 heterocycles. The second kappa shape index (κ2) is 7.62. The van der Waals surface area contributed by atoms with Crippen LogP contribution >= 0.6 is 0 Å². The topological polar surface area (TPSA) is 39.5 Å². The Bertz CT molecular complexity index is 620. The van der Waals surface area contributed by atoms with E-state index in [-0.39, 0.29) is 0 Å². The van der Waals surface area contributed by atoms with E-state index >= 15 is 0 Å². The van der Waals surface area contributed by atoms with Gasteiger partial charge in [0.1, 0.15) is 11.4 Å². The van der Waals surface area contributed by atoms with Gasteiger partial charge in [-0.25, -0.2) is 4.68 Å². The first kappa shape index (κ1) is 16.0. The maximum Gasteiger partial charge on any atom is 0.144 e. The van der Waals surface area contributed by atoms with Crippen LogP contribution in [0.5, 0.6) is 5.75 Å². The molecule has 0 aliphatic carbocycles. The molecular weight excluding hydrogens is 290 g/mol. The molecule has 2 aromatic rings. The summed E-state index contributed by atoms with van der Waals surface area (Å²) < 4.78 is 13.0. The molecule has 5 heteroatoms. The fourth-order valence-electron chi connectivity index (χ4n) is 3.03. The molecule has 0 saturated carbocycles. The molecule has 23 heavy (non-hydrogen) atoms. The second-order valence-electron chi connectivity index (χ2n) is 5.93. The lowest BCUT2D eigenvalue weighted by Gasteiger charge is -2.22. The first-order valence-corrected chi connectivity index (χ1v) is 8.31. The van der Waals surface area contributed by atoms with Crippen LogP contribution < -0.4 is 4.74 Å². The highest BCUT2D eigenvalue weighted by molar-refractivity contribution is 5.46. The number of likely N-dealkylation sites (N-methyl/N-ethyl adjacent to an activating group) is 1. The van der Waals surface area contributed by atoms with E-state index < -0.39 is 0 Å². The van der Waals surface area contributed by atoms with Gasteiger partial charge in [0, 0.05) is 31.5 Å². The molecule has 0 amide bonds. The molecule has 124 valence electrons. The molecule has 1 aromatic heterocycles. The SMILES string of the molecule is CCN(Cc1cnn(-c2ccccc2OC)c1)CC1CCCO1. The van der Waals surface area contributed by atoms with E-state index in [4.69, 9.17) is 9.47 Å². The average Bonchev–Trinajstić information content (AvgIpc) is 3.26. The number of hydrogen-bond donors (Lipinski definition) is 0. The highest BCUT2D eigenvalue weighted by atomic mass is 16.5. The van der Waals surface area contributed by atoms with Gasteiger partial charge >= 0.3 is 0 Å². The van der Waals surface area contributed by atoms with Crippen molar-refractivity contribution in [2.75, 3.05) is 26.8 Å². The molecule has 1 saturated heterocycles. The van der Waals surface area contributed by atoms with E-state index in [0.717, 1.165) is 37.7 Å². The third-order valence-electron chi connectivity index (χ3n) is 4.31. The van der Waals surface area contributed by atoms with Gasteiger partial charge in [0.2, 0.25) is 0 Å². The number of rotatable bonds is 7. The number of methoxy groups -OCH3 is 1. The minimum absolute atomic E-state index is 0.388. The van der Waals surface area contributed by atoms with Gasteiger partial charge in [-0.05, 0) is 31.5 Å². The van der Waals surface area contributed by atoms with Crippen molar-refractivity contribution in [2.24, 2.45) is 0 Å². The summed E-state index contributed by atoms with van der Waals surface area (Å²) >= 11 is 0. The minimum atomic E-state index is 0.388. The summed E-state index contributed by atoms with van der Waals surface area (Å²) in [6, 6.07) is 7.92. The van der Waals surface area contributed by atoms with E-state index in [1.807, 2.05) is 35.1 Å². The number of para-hydroxylation sites is 2. The minimum Gasteiger partial charge on any atom is -0.494 e. The van der Waals surface area contributed by atoms with Crippen molar-refractivity contribution >= 4 is 0 Å². The first-order chi connectivity index (χ1) is 11.3. The van der Waals surface area contributed by atoms with Crippen LogP contribution in [0, 0.1) is 0 Å². The molecular formula is C18H25N3O2. The van der Waals surface area contributed by atoms with Gasteiger partial charge in [-0.15, -0.1) is 0 Å². The molecule has 0 spiro atoms. The molecule has 1 atom stereocenters. The number of nitrogens with zero attached hydrogens (tertiary/aromatic N) is 3. The molecule has 1 aliphatic heterocycles. The van der Waals surface area contributed by atoms with Crippen LogP contribution in [-0.4, -0.2) is 47.6 Å². The Morgan fingerprint density at radius 1 is 1.39 bits per heavy atom. The van der Waals surface area contributed by atoms with E-state index in [9.17, 15) is 0 Å². The molecule has 1 aliphatic rings. The average molecular weight is 315 g/mol. The lowest BCUT2D eigenvalue weighted by Crippen LogP contribution is -2.31. The van der Waals surface area contributed by atoms with Crippen molar-refractivity contribution in [2.45, 2.75) is 32.4 Å². The quantitative estimate of drug-likeness (QED) is 0.787. The van der Waals surface area contributed by atoms with Gasteiger partial charge in [0.15, 0.2) is 0 Å². The Morgan fingerprint density at radius 3 is 3.00 bits per heavy atom. The first-order valence-electron chi connectivity index (χ1n) is 8.31. The van der Waals surface area contributed by atoms with E-state index in [0.29, 0.717) is 6.10 Å². The van der Waals surface area contributed by atoms with Crippen LogP contribution in [0.2, 0.25) is 0 Å². The van der Waals surface area contributed by atoms with Gasteiger partial charge in [0.25, 0.3) is 0 Å². The summed E-state index contributed by atoms with van der Waals surface area (Å²) in [4.78, 5) is 2.42. The van der Waals surface area contributed by atoms with Crippen LogP contribution in [-0.2, 0) is 11.3 Å². The number of ether oxygens (including phenoxy) is 2. The zero-order valence-electron chi connectivity index (χ0n) is 13.9. The lowest BCUT2D eigenvalue weighted by atomic mass is 10.2. The molecule has 0 bridgehead atoms. The van der Waals surface area contributed by atoms with Crippen LogP contribution in [0.4, 0.5) is 0 Å². The Balaban J connectivity index is 1.68. The maximum absolute atomic E-state index is 5.75. The zero-order chi connectivity index (χ0) is 16.1. The monoisotopic (exact) mass is 315 g/mol. The Kier molecular flexibility index (Phi) is 5.31. The van der Waals surface area contributed by atoms with Crippen LogP contribution in [0.1, 0.15) is 25.3 Å². The maximum atomic E-state index is 5.75. The number of hydrogen-bond acceptors (Lipinski definition) is 4. The largest absolute Gasteiger partial charge is 0.494 e. The summed E-state index contributed by atoms with van der Waals surface area (Å²) in [6.45, 7) is 6.01. The molecule has 3 rings (SSSR count). The summed E-state index contributed by atoms with van der Waals surface area (Å²) in [5, 5.41) is 4.49. The normalized spacial score (nSPS) is 17.8. The summed E-state index contributed by atoms with van der Waals surface area (Å²) in [7, 11) is 1.68. The van der Waals surface area contributed by atoms with Crippen LogP contribution in [0.3, 0.4) is 0 Å². The van der Waals surface area contributed by atoms with Crippen molar-refractivity contribution in [3.05, 3.63) is 42.2 Å². The van der Waals surface area contributed by atoms with Crippen molar-refractivity contribution in [3.8, 4) is 11.4 Å². The third-order valence-corrected chi connectivity index (χ3v) is 4.31. The van der Waals surface area contributed by atoms with Gasteiger partial charge in [-0.2, -0.15) is 5.10 Å². The second-order valence-corrected chi connectivity index (χ2v) is 5.93. The fourth-order valence-corrected chi connectivity index (χ4v) is 3.03. The van der Waals surface area contributed by atoms with E-state index in [1.165, 1.54) is 18.4 Å². The van der Waals surface area contributed by atoms with Crippen molar-refractivity contribution < 1.29 is 9.47 Å². The predicted molar refractivity (Wildman–Crippen MR) is 90.0 cm³/mol. The highest BCUT2D eigenvalue weighted by Crippen LogP contribution is 2.22. The van der Waals surface area contributed by atoms with E-state index in [1.54, 1.807) is 7.11 Å². The Hall–Kier alpha value is -1.85. The predicted octanol–water partition coefficient (Wildman–Crippen LogP) is 2.88. The number of benzene rings is 1. The molecule has 1 aromatic carbocycles. The molecule has 5 nitrogen and oxygen atoms in total. The molecule has 0 N–H and O–H groups in total.